The van der Waals surface area contributed by atoms with Crippen molar-refractivity contribution in [2.75, 3.05) is 6.61 Å². The van der Waals surface area contributed by atoms with Crippen LogP contribution in [0.2, 0.25) is 0 Å². The fraction of sp³-hybridized carbons (Fsp3) is 0.182. The molecule has 0 fully saturated rings. The van der Waals surface area contributed by atoms with E-state index in [0.717, 1.165) is 25.2 Å². The Kier molecular flexibility index (Phi) is 6.22. The number of unbranched alkanes of at least 4 members (excludes halogenated alkanes) is 1. The molecule has 0 saturated heterocycles. The smallest absolute Gasteiger partial charge is 0.119 e. The molecule has 0 unspecified atom stereocenters. The zero-order valence-electron chi connectivity index (χ0n) is 14.4. The number of benzene rings is 3. The molecule has 130 valence electrons. The van der Waals surface area contributed by atoms with Gasteiger partial charge in [-0.25, -0.2) is 0 Å². The Morgan fingerprint density at radius 2 is 1.20 bits per heavy atom. The third-order valence-corrected chi connectivity index (χ3v) is 10.2. The van der Waals surface area contributed by atoms with Crippen molar-refractivity contribution in [3.8, 4) is 5.75 Å². The van der Waals surface area contributed by atoms with Crippen LogP contribution in [-0.4, -0.2) is 6.61 Å². The summed E-state index contributed by atoms with van der Waals surface area (Å²) in [6.45, 7) is 2.95. The van der Waals surface area contributed by atoms with Gasteiger partial charge in [0.2, 0.25) is 0 Å². The molecule has 25 heavy (non-hydrogen) atoms. The minimum absolute atomic E-state index is 0.777. The van der Waals surface area contributed by atoms with Gasteiger partial charge in [-0.05, 0) is 69.8 Å². The maximum absolute atomic E-state index is 5.82. The zero-order chi connectivity index (χ0) is 17.5. The molecule has 0 atom stereocenters. The first-order chi connectivity index (χ1) is 12.2. The summed E-state index contributed by atoms with van der Waals surface area (Å²) in [4.78, 5) is 3.86. The van der Waals surface area contributed by atoms with E-state index in [4.69, 9.17) is 4.74 Å². The molecular formula is C22H23BrOS. The van der Waals surface area contributed by atoms with Gasteiger partial charge in [0.25, 0.3) is 0 Å². The maximum atomic E-state index is 5.82. The van der Waals surface area contributed by atoms with E-state index >= 15 is 0 Å². The molecule has 0 aliphatic heterocycles. The lowest BCUT2D eigenvalue weighted by atomic mass is 10.3. The molecule has 0 aliphatic carbocycles. The lowest BCUT2D eigenvalue weighted by Crippen LogP contribution is -1.98. The Morgan fingerprint density at radius 1 is 0.720 bits per heavy atom. The van der Waals surface area contributed by atoms with Gasteiger partial charge < -0.3 is 4.74 Å². The number of hydrogen-bond acceptors (Lipinski definition) is 1. The Balaban J connectivity index is 1.98. The molecule has 0 spiro atoms. The highest BCUT2D eigenvalue weighted by Crippen LogP contribution is 2.73. The monoisotopic (exact) mass is 414 g/mol. The standard InChI is InChI=1S/C22H23BrOS/c1-2-3-18-24-19-14-16-22(17-15-19)25(23,20-10-6-4-7-11-20)21-12-8-5-9-13-21/h4-17H,2-3,18H2,1H3. The van der Waals surface area contributed by atoms with Gasteiger partial charge in [-0.15, -0.1) is 8.46 Å². The predicted molar refractivity (Wildman–Crippen MR) is 111 cm³/mol. The van der Waals surface area contributed by atoms with Gasteiger partial charge in [-0.1, -0.05) is 49.7 Å². The highest BCUT2D eigenvalue weighted by Gasteiger charge is 2.27. The van der Waals surface area contributed by atoms with Crippen molar-refractivity contribution < 1.29 is 4.74 Å². The Bertz CT molecular complexity index is 733. The molecule has 1 nitrogen and oxygen atoms in total. The lowest BCUT2D eigenvalue weighted by Gasteiger charge is -2.35. The van der Waals surface area contributed by atoms with Gasteiger partial charge in [0.05, 0.1) is 6.61 Å². The molecule has 0 amide bonds. The van der Waals surface area contributed by atoms with E-state index < -0.39 is 8.46 Å². The summed E-state index contributed by atoms with van der Waals surface area (Å²) in [5, 5.41) is 0. The van der Waals surface area contributed by atoms with E-state index in [-0.39, 0.29) is 0 Å². The first-order valence-electron chi connectivity index (χ1n) is 8.61. The summed E-state index contributed by atoms with van der Waals surface area (Å²) < 4.78 is 5.82. The van der Waals surface area contributed by atoms with Crippen LogP contribution in [0.1, 0.15) is 19.8 Å². The second kappa shape index (κ2) is 8.59. The van der Waals surface area contributed by atoms with Crippen molar-refractivity contribution >= 4 is 23.3 Å². The number of ether oxygens (including phenoxy) is 1. The molecule has 0 radical (unpaired) electrons. The Labute approximate surface area is 159 Å². The van der Waals surface area contributed by atoms with Gasteiger partial charge in [0.1, 0.15) is 5.75 Å². The van der Waals surface area contributed by atoms with Crippen LogP contribution < -0.4 is 4.74 Å². The first kappa shape index (κ1) is 18.1. The lowest BCUT2D eigenvalue weighted by molar-refractivity contribution is 0.309. The highest BCUT2D eigenvalue weighted by molar-refractivity contribution is 9.58. The van der Waals surface area contributed by atoms with Crippen molar-refractivity contribution in [1.29, 1.82) is 0 Å². The van der Waals surface area contributed by atoms with Gasteiger partial charge in [0.15, 0.2) is 0 Å². The van der Waals surface area contributed by atoms with Crippen molar-refractivity contribution in [3.63, 3.8) is 0 Å². The molecule has 3 heteroatoms. The number of halogens is 1. The SMILES string of the molecule is CCCCOc1ccc(S(Br)(c2ccccc2)c2ccccc2)cc1. The molecule has 0 N–H and O–H groups in total. The highest BCUT2D eigenvalue weighted by atomic mass is 79.9. The Hall–Kier alpha value is -1.71. The zero-order valence-corrected chi connectivity index (χ0v) is 16.8. The molecule has 0 aliphatic rings. The Morgan fingerprint density at radius 3 is 1.68 bits per heavy atom. The molecule has 3 aromatic carbocycles. The van der Waals surface area contributed by atoms with Crippen molar-refractivity contribution in [1.82, 2.24) is 0 Å². The molecule has 0 bridgehead atoms. The van der Waals surface area contributed by atoms with Crippen molar-refractivity contribution in [2.24, 2.45) is 0 Å². The van der Waals surface area contributed by atoms with Crippen LogP contribution in [0, 0.1) is 0 Å². The third-order valence-electron chi connectivity index (χ3n) is 4.05. The van der Waals surface area contributed by atoms with Crippen molar-refractivity contribution in [2.45, 2.75) is 34.5 Å². The minimum Gasteiger partial charge on any atom is -0.494 e. The van der Waals surface area contributed by atoms with Crippen LogP contribution in [0.3, 0.4) is 0 Å². The van der Waals surface area contributed by atoms with Gasteiger partial charge in [0, 0.05) is 14.7 Å². The molecule has 0 saturated carbocycles. The topological polar surface area (TPSA) is 9.23 Å². The summed E-state index contributed by atoms with van der Waals surface area (Å²) in [6.07, 6.45) is 2.23. The van der Waals surface area contributed by atoms with E-state index in [0.29, 0.717) is 0 Å². The molecule has 3 rings (SSSR count). The van der Waals surface area contributed by atoms with Crippen LogP contribution in [0.25, 0.3) is 0 Å². The van der Waals surface area contributed by atoms with Crippen LogP contribution >= 0.6 is 23.3 Å². The van der Waals surface area contributed by atoms with E-state index in [1.54, 1.807) is 0 Å². The average molecular weight is 415 g/mol. The summed E-state index contributed by atoms with van der Waals surface area (Å²) in [5.41, 5.74) is 0. The quantitative estimate of drug-likeness (QED) is 0.364. The summed E-state index contributed by atoms with van der Waals surface area (Å²) in [5.74, 6) is 0.938. The predicted octanol–water partition coefficient (Wildman–Crippen LogP) is 7.46. The average Bonchev–Trinajstić information content (AvgIpc) is 2.69. The number of hydrogen-bond donors (Lipinski definition) is 0. The largest absolute Gasteiger partial charge is 0.494 e. The van der Waals surface area contributed by atoms with E-state index in [1.807, 2.05) is 0 Å². The van der Waals surface area contributed by atoms with Gasteiger partial charge in [-0.2, -0.15) is 0 Å². The van der Waals surface area contributed by atoms with Crippen LogP contribution in [0.5, 0.6) is 5.75 Å². The second-order valence-corrected chi connectivity index (χ2v) is 11.2. The van der Waals surface area contributed by atoms with E-state index in [9.17, 15) is 0 Å². The third kappa shape index (κ3) is 4.10. The van der Waals surface area contributed by atoms with Gasteiger partial charge >= 0.3 is 0 Å². The second-order valence-electron chi connectivity index (χ2n) is 5.84. The maximum Gasteiger partial charge on any atom is 0.119 e. The van der Waals surface area contributed by atoms with Gasteiger partial charge in [-0.3, -0.25) is 0 Å². The van der Waals surface area contributed by atoms with E-state index in [1.165, 1.54) is 14.7 Å². The molecule has 3 aromatic rings. The van der Waals surface area contributed by atoms with Crippen LogP contribution in [-0.2, 0) is 0 Å². The van der Waals surface area contributed by atoms with Crippen LogP contribution in [0.4, 0.5) is 0 Å². The first-order valence-corrected chi connectivity index (χ1v) is 12.1. The normalized spacial score (nSPS) is 11.9. The fourth-order valence-electron chi connectivity index (χ4n) is 2.68. The summed E-state index contributed by atoms with van der Waals surface area (Å²) >= 11 is 4.14. The molecule has 0 heterocycles. The summed E-state index contributed by atoms with van der Waals surface area (Å²) in [7, 11) is -1.46. The van der Waals surface area contributed by atoms with Crippen molar-refractivity contribution in [3.05, 3.63) is 84.9 Å². The summed E-state index contributed by atoms with van der Waals surface area (Å²) in [6, 6.07) is 29.9. The molecular weight excluding hydrogens is 392 g/mol. The number of rotatable bonds is 7. The molecule has 0 aromatic heterocycles. The fourth-order valence-corrected chi connectivity index (χ4v) is 7.02. The van der Waals surface area contributed by atoms with Crippen LogP contribution in [0.15, 0.2) is 99.6 Å². The van der Waals surface area contributed by atoms with E-state index in [2.05, 4.69) is 107 Å². The minimum atomic E-state index is -1.46.